The summed E-state index contributed by atoms with van der Waals surface area (Å²) in [6.45, 7) is 9.68. The topological polar surface area (TPSA) is 53.9 Å². The van der Waals surface area contributed by atoms with E-state index >= 15 is 0 Å². The third kappa shape index (κ3) is 5.22. The molecule has 1 N–H and O–H groups in total. The van der Waals surface area contributed by atoms with Gasteiger partial charge >= 0.3 is 0 Å². The zero-order valence-electron chi connectivity index (χ0n) is 17.9. The standard InChI is InChI=1S/C24H28ClN3O2/c1-5-11-28-22-10-9-18(12-21(22)17(2)14-24(28,3)4)15-26-27-23(29)16-30-20-8-6-7-19(25)13-20/h6-10,12-15H,5,11,16H2,1-4H3,(H,27,29)/b26-15+. The molecule has 1 heterocycles. The van der Waals surface area contributed by atoms with Crippen LogP contribution >= 0.6 is 11.6 Å². The molecule has 1 aliphatic heterocycles. The van der Waals surface area contributed by atoms with Crippen molar-refractivity contribution in [2.75, 3.05) is 18.1 Å². The molecule has 0 spiro atoms. The number of ether oxygens (including phenoxy) is 1. The number of anilines is 1. The highest BCUT2D eigenvalue weighted by atomic mass is 35.5. The van der Waals surface area contributed by atoms with Crippen LogP contribution in [0.5, 0.6) is 5.75 Å². The lowest BCUT2D eigenvalue weighted by Gasteiger charge is -2.43. The molecule has 2 aromatic carbocycles. The Bertz CT molecular complexity index is 982. The second kappa shape index (κ2) is 9.35. The lowest BCUT2D eigenvalue weighted by atomic mass is 9.88. The van der Waals surface area contributed by atoms with Crippen LogP contribution in [0.4, 0.5) is 5.69 Å². The molecule has 1 aliphatic rings. The van der Waals surface area contributed by atoms with Crippen LogP contribution in [0.25, 0.3) is 5.57 Å². The van der Waals surface area contributed by atoms with Crippen LogP contribution in [0, 0.1) is 0 Å². The summed E-state index contributed by atoms with van der Waals surface area (Å²) in [6.07, 6.45) is 5.04. The number of halogens is 1. The first-order valence-corrected chi connectivity index (χ1v) is 10.5. The van der Waals surface area contributed by atoms with Crippen molar-refractivity contribution in [1.29, 1.82) is 0 Å². The van der Waals surface area contributed by atoms with Crippen molar-refractivity contribution >= 4 is 35.0 Å². The number of carbonyl (C=O) groups excluding carboxylic acids is 1. The number of fused-ring (bicyclic) bond motifs is 1. The Morgan fingerprint density at radius 1 is 1.27 bits per heavy atom. The number of nitrogens with one attached hydrogen (secondary N) is 1. The summed E-state index contributed by atoms with van der Waals surface area (Å²) < 4.78 is 5.41. The van der Waals surface area contributed by atoms with Crippen LogP contribution < -0.4 is 15.1 Å². The van der Waals surface area contributed by atoms with Gasteiger partial charge in [-0.25, -0.2) is 5.43 Å². The number of amides is 1. The van der Waals surface area contributed by atoms with E-state index in [1.54, 1.807) is 30.5 Å². The van der Waals surface area contributed by atoms with Crippen molar-refractivity contribution in [3.63, 3.8) is 0 Å². The molecule has 0 atom stereocenters. The molecule has 0 saturated carbocycles. The second-order valence-corrected chi connectivity index (χ2v) is 8.38. The maximum Gasteiger partial charge on any atom is 0.277 e. The summed E-state index contributed by atoms with van der Waals surface area (Å²) >= 11 is 5.90. The Kier molecular flexibility index (Phi) is 6.83. The van der Waals surface area contributed by atoms with E-state index in [4.69, 9.17) is 16.3 Å². The lowest BCUT2D eigenvalue weighted by Crippen LogP contribution is -2.45. The zero-order chi connectivity index (χ0) is 21.7. The van der Waals surface area contributed by atoms with E-state index in [0.717, 1.165) is 18.5 Å². The van der Waals surface area contributed by atoms with Crippen LogP contribution in [-0.2, 0) is 4.79 Å². The van der Waals surface area contributed by atoms with E-state index in [1.807, 2.05) is 6.07 Å². The first-order chi connectivity index (χ1) is 14.3. The fourth-order valence-electron chi connectivity index (χ4n) is 3.73. The van der Waals surface area contributed by atoms with Gasteiger partial charge < -0.3 is 9.64 Å². The zero-order valence-corrected chi connectivity index (χ0v) is 18.7. The molecule has 158 valence electrons. The summed E-state index contributed by atoms with van der Waals surface area (Å²) in [5.74, 6) is 0.203. The van der Waals surface area contributed by atoms with Crippen molar-refractivity contribution in [1.82, 2.24) is 5.43 Å². The van der Waals surface area contributed by atoms with E-state index in [-0.39, 0.29) is 18.1 Å². The van der Waals surface area contributed by atoms with Crippen LogP contribution in [0.3, 0.4) is 0 Å². The molecule has 0 aliphatic carbocycles. The van der Waals surface area contributed by atoms with Crippen LogP contribution in [0.2, 0.25) is 5.02 Å². The SMILES string of the molecule is CCCN1c2ccc(/C=N/NC(=O)COc3cccc(Cl)c3)cc2C(C)=CC1(C)C. The second-order valence-electron chi connectivity index (χ2n) is 7.95. The van der Waals surface area contributed by atoms with Gasteiger partial charge in [0.15, 0.2) is 6.61 Å². The molecule has 6 heteroatoms. The average Bonchev–Trinajstić information content (AvgIpc) is 2.69. The Morgan fingerprint density at radius 3 is 2.80 bits per heavy atom. The predicted molar refractivity (Wildman–Crippen MR) is 124 cm³/mol. The highest BCUT2D eigenvalue weighted by molar-refractivity contribution is 6.30. The molecule has 0 unspecified atom stereocenters. The normalized spacial score (nSPS) is 15.0. The van der Waals surface area contributed by atoms with Gasteiger partial charge in [-0.15, -0.1) is 0 Å². The molecule has 1 amide bonds. The molecule has 0 saturated heterocycles. The number of hydrazone groups is 1. The summed E-state index contributed by atoms with van der Waals surface area (Å²) in [6, 6.07) is 13.2. The van der Waals surface area contributed by atoms with Crippen molar-refractivity contribution in [3.8, 4) is 5.75 Å². The Hall–Kier alpha value is -2.79. The van der Waals surface area contributed by atoms with Gasteiger partial charge in [0.25, 0.3) is 5.91 Å². The molecule has 2 aromatic rings. The van der Waals surface area contributed by atoms with Gasteiger partial charge in [-0.3, -0.25) is 4.79 Å². The molecule has 0 aromatic heterocycles. The average molecular weight is 426 g/mol. The smallest absolute Gasteiger partial charge is 0.277 e. The molecule has 5 nitrogen and oxygen atoms in total. The molecular weight excluding hydrogens is 398 g/mol. The number of rotatable bonds is 7. The molecule has 0 radical (unpaired) electrons. The van der Waals surface area contributed by atoms with Crippen LogP contribution in [0.1, 0.15) is 45.2 Å². The van der Waals surface area contributed by atoms with Crippen molar-refractivity contribution in [2.45, 2.75) is 39.7 Å². The van der Waals surface area contributed by atoms with Gasteiger partial charge in [0.1, 0.15) is 5.75 Å². The lowest BCUT2D eigenvalue weighted by molar-refractivity contribution is -0.123. The van der Waals surface area contributed by atoms with E-state index in [0.29, 0.717) is 10.8 Å². The van der Waals surface area contributed by atoms with E-state index < -0.39 is 0 Å². The minimum atomic E-state index is -0.337. The monoisotopic (exact) mass is 425 g/mol. The van der Waals surface area contributed by atoms with Gasteiger partial charge in [0, 0.05) is 22.8 Å². The molecule has 0 fully saturated rings. The Labute approximate surface area is 183 Å². The van der Waals surface area contributed by atoms with E-state index in [9.17, 15) is 4.79 Å². The maximum absolute atomic E-state index is 12.0. The maximum atomic E-state index is 12.0. The van der Waals surface area contributed by atoms with Gasteiger partial charge in [0.05, 0.1) is 11.8 Å². The van der Waals surface area contributed by atoms with E-state index in [1.165, 1.54) is 16.8 Å². The van der Waals surface area contributed by atoms with Gasteiger partial charge in [-0.05, 0) is 68.7 Å². The van der Waals surface area contributed by atoms with Crippen molar-refractivity contribution in [2.24, 2.45) is 5.10 Å². The quantitative estimate of drug-likeness (QED) is 0.485. The number of nitrogens with zero attached hydrogens (tertiary/aromatic N) is 2. The van der Waals surface area contributed by atoms with E-state index in [2.05, 4.69) is 61.3 Å². The third-order valence-corrected chi connectivity index (χ3v) is 5.25. The summed E-state index contributed by atoms with van der Waals surface area (Å²) in [5.41, 5.74) is 7.09. The minimum Gasteiger partial charge on any atom is -0.484 e. The number of allylic oxidation sites excluding steroid dienone is 1. The molecular formula is C24H28ClN3O2. The van der Waals surface area contributed by atoms with Crippen molar-refractivity contribution < 1.29 is 9.53 Å². The Balaban J connectivity index is 1.64. The molecule has 3 rings (SSSR count). The molecule has 0 bridgehead atoms. The van der Waals surface area contributed by atoms with Crippen LogP contribution in [-0.4, -0.2) is 30.8 Å². The predicted octanol–water partition coefficient (Wildman–Crippen LogP) is 5.28. The summed E-state index contributed by atoms with van der Waals surface area (Å²) in [7, 11) is 0. The van der Waals surface area contributed by atoms with Gasteiger partial charge in [-0.2, -0.15) is 5.10 Å². The number of hydrogen-bond acceptors (Lipinski definition) is 4. The summed E-state index contributed by atoms with van der Waals surface area (Å²) in [4.78, 5) is 14.4. The third-order valence-electron chi connectivity index (χ3n) is 5.02. The fourth-order valence-corrected chi connectivity index (χ4v) is 3.91. The number of hydrogen-bond donors (Lipinski definition) is 1. The highest BCUT2D eigenvalue weighted by Gasteiger charge is 2.30. The van der Waals surface area contributed by atoms with Crippen LogP contribution in [0.15, 0.2) is 53.6 Å². The minimum absolute atomic E-state index is 0.0142. The first-order valence-electron chi connectivity index (χ1n) is 10.1. The van der Waals surface area contributed by atoms with Crippen molar-refractivity contribution in [3.05, 3.63) is 64.7 Å². The Morgan fingerprint density at radius 2 is 2.07 bits per heavy atom. The van der Waals surface area contributed by atoms with Gasteiger partial charge in [0.2, 0.25) is 0 Å². The highest BCUT2D eigenvalue weighted by Crippen LogP contribution is 2.39. The largest absolute Gasteiger partial charge is 0.484 e. The number of carbonyl (C=O) groups is 1. The first kappa shape index (κ1) is 21.9. The van der Waals surface area contributed by atoms with Gasteiger partial charge in [-0.1, -0.05) is 36.7 Å². The summed E-state index contributed by atoms with van der Waals surface area (Å²) in [5, 5.41) is 4.62. The molecule has 30 heavy (non-hydrogen) atoms. The number of benzene rings is 2. The fraction of sp³-hybridized carbons (Fsp3) is 0.333.